The topological polar surface area (TPSA) is 38.9 Å². The Morgan fingerprint density at radius 3 is 1.91 bits per heavy atom. The lowest BCUT2D eigenvalue weighted by molar-refractivity contribution is 0.661. The summed E-state index contributed by atoms with van der Waals surface area (Å²) in [4.78, 5) is 10.5. The van der Waals surface area contributed by atoms with Crippen molar-refractivity contribution >= 4 is 32.7 Å². The summed E-state index contributed by atoms with van der Waals surface area (Å²) in [5.74, 6) is 0.692. The number of benzene rings is 8. The first-order valence-electron chi connectivity index (χ1n) is 19.2. The van der Waals surface area contributed by atoms with Gasteiger partial charge < -0.3 is 4.42 Å². The number of hydrogen-bond donors (Lipinski definition) is 0. The molecule has 0 bridgehead atoms. The van der Waals surface area contributed by atoms with Gasteiger partial charge in [-0.25, -0.2) is 9.97 Å². The number of hydrogen-bond acceptors (Lipinski definition) is 3. The Kier molecular flexibility index (Phi) is 7.20. The molecule has 3 heteroatoms. The zero-order chi connectivity index (χ0) is 37.4. The minimum atomic E-state index is -0.114. The van der Waals surface area contributed by atoms with Gasteiger partial charge in [-0.3, -0.25) is 0 Å². The quantitative estimate of drug-likeness (QED) is 0.178. The second kappa shape index (κ2) is 12.5. The monoisotopic (exact) mass is 716 g/mol. The summed E-state index contributed by atoms with van der Waals surface area (Å²) >= 11 is 0. The summed E-state index contributed by atoms with van der Waals surface area (Å²) in [6.45, 7) is 4.71. The van der Waals surface area contributed by atoms with Gasteiger partial charge in [0.1, 0.15) is 11.2 Å². The van der Waals surface area contributed by atoms with Crippen LogP contribution in [-0.2, 0) is 5.41 Å². The summed E-state index contributed by atoms with van der Waals surface area (Å²) < 4.78 is 6.18. The molecule has 1 aliphatic rings. The molecule has 0 aliphatic heterocycles. The number of fused-ring (bicyclic) bond motifs is 7. The molecule has 3 nitrogen and oxygen atoms in total. The van der Waals surface area contributed by atoms with Crippen LogP contribution >= 0.6 is 0 Å². The second-order valence-corrected chi connectivity index (χ2v) is 15.4. The van der Waals surface area contributed by atoms with Gasteiger partial charge in [-0.2, -0.15) is 0 Å². The molecule has 2 aromatic heterocycles. The Morgan fingerprint density at radius 2 is 1.04 bits per heavy atom. The first-order chi connectivity index (χ1) is 27.5. The largest absolute Gasteiger partial charge is 0.456 e. The molecule has 0 N–H and O–H groups in total. The molecule has 0 amide bonds. The van der Waals surface area contributed by atoms with Crippen molar-refractivity contribution in [1.29, 1.82) is 0 Å². The van der Waals surface area contributed by atoms with E-state index in [2.05, 4.69) is 166 Å². The van der Waals surface area contributed by atoms with Crippen LogP contribution in [0.15, 0.2) is 186 Å². The molecule has 0 unspecified atom stereocenters. The summed E-state index contributed by atoms with van der Waals surface area (Å²) in [6, 6.07) is 64.8. The third-order valence-electron chi connectivity index (χ3n) is 11.7. The van der Waals surface area contributed by atoms with Crippen LogP contribution in [0.1, 0.15) is 25.0 Å². The van der Waals surface area contributed by atoms with E-state index in [-0.39, 0.29) is 5.41 Å². The Bertz CT molecular complexity index is 3170. The second-order valence-electron chi connectivity index (χ2n) is 15.4. The van der Waals surface area contributed by atoms with Crippen molar-refractivity contribution in [3.05, 3.63) is 193 Å². The zero-order valence-electron chi connectivity index (χ0n) is 31.1. The van der Waals surface area contributed by atoms with Crippen molar-refractivity contribution in [3.8, 4) is 67.3 Å². The first kappa shape index (κ1) is 32.3. The molecular formula is C53H36N2O. The van der Waals surface area contributed by atoms with Gasteiger partial charge in [-0.15, -0.1) is 0 Å². The van der Waals surface area contributed by atoms with E-state index in [1.807, 2.05) is 30.3 Å². The fraction of sp³-hybridized carbons (Fsp3) is 0.0566. The van der Waals surface area contributed by atoms with E-state index in [0.29, 0.717) is 5.82 Å². The van der Waals surface area contributed by atoms with Crippen molar-refractivity contribution in [2.75, 3.05) is 0 Å². The fourth-order valence-corrected chi connectivity index (χ4v) is 8.86. The molecule has 0 radical (unpaired) electrons. The molecule has 0 saturated carbocycles. The van der Waals surface area contributed by atoms with Crippen LogP contribution in [0.4, 0.5) is 0 Å². The molecule has 1 aliphatic carbocycles. The highest BCUT2D eigenvalue weighted by atomic mass is 16.3. The third-order valence-corrected chi connectivity index (χ3v) is 11.7. The van der Waals surface area contributed by atoms with E-state index >= 15 is 0 Å². The van der Waals surface area contributed by atoms with Crippen molar-refractivity contribution in [2.24, 2.45) is 0 Å². The van der Waals surface area contributed by atoms with E-state index in [9.17, 15) is 0 Å². The van der Waals surface area contributed by atoms with Crippen molar-refractivity contribution in [3.63, 3.8) is 0 Å². The lowest BCUT2D eigenvalue weighted by atomic mass is 9.81. The molecular weight excluding hydrogens is 681 g/mol. The number of nitrogens with zero attached hydrogens (tertiary/aromatic N) is 2. The van der Waals surface area contributed by atoms with Crippen LogP contribution in [0.2, 0.25) is 0 Å². The number of rotatable bonds is 5. The number of furan rings is 1. The Hall–Kier alpha value is -7.10. The average molecular weight is 717 g/mol. The average Bonchev–Trinajstić information content (AvgIpc) is 3.74. The van der Waals surface area contributed by atoms with E-state index in [1.165, 1.54) is 44.2 Å². The molecule has 0 atom stereocenters. The van der Waals surface area contributed by atoms with Gasteiger partial charge in [0.2, 0.25) is 0 Å². The van der Waals surface area contributed by atoms with Crippen LogP contribution in [0.25, 0.3) is 100.0 Å². The van der Waals surface area contributed by atoms with Gasteiger partial charge in [0.25, 0.3) is 0 Å². The smallest absolute Gasteiger partial charge is 0.160 e. The molecule has 0 spiro atoms. The maximum Gasteiger partial charge on any atom is 0.160 e. The SMILES string of the molecule is CC1(C)c2cc3ccccc3cc2-c2c(-c3cccc(-c4cc(-c5ccccc5-c5ccc6oc7ccccc7c6c5)nc(-c5ccccc5)n4)c3)cccc21. The van der Waals surface area contributed by atoms with Crippen LogP contribution in [0, 0.1) is 0 Å². The molecule has 56 heavy (non-hydrogen) atoms. The van der Waals surface area contributed by atoms with E-state index in [4.69, 9.17) is 14.4 Å². The van der Waals surface area contributed by atoms with Gasteiger partial charge in [-0.05, 0) is 97.7 Å². The highest BCUT2D eigenvalue weighted by Gasteiger charge is 2.37. The summed E-state index contributed by atoms with van der Waals surface area (Å²) in [5.41, 5.74) is 16.5. The van der Waals surface area contributed by atoms with Crippen LogP contribution < -0.4 is 0 Å². The zero-order valence-corrected chi connectivity index (χ0v) is 31.1. The molecule has 11 rings (SSSR count). The van der Waals surface area contributed by atoms with Gasteiger partial charge in [0.15, 0.2) is 5.82 Å². The van der Waals surface area contributed by atoms with E-state index in [0.717, 1.165) is 61.1 Å². The van der Waals surface area contributed by atoms with Crippen molar-refractivity contribution in [2.45, 2.75) is 19.3 Å². The van der Waals surface area contributed by atoms with Crippen LogP contribution in [0.3, 0.4) is 0 Å². The standard InChI is InChI=1S/C53H36N2O/c1-53(2)45-24-13-23-40(51(45)44-29-34-16-6-7-17-35(34)31-46(44)53)36-18-12-19-38(28-36)47-32-48(55-52(54-47)33-14-4-3-5-15-33)41-21-9-8-20-39(41)37-26-27-50-43(30-37)42-22-10-11-25-49(42)56-50/h3-32H,1-2H3. The summed E-state index contributed by atoms with van der Waals surface area (Å²) in [5, 5.41) is 4.76. The highest BCUT2D eigenvalue weighted by Crippen LogP contribution is 2.53. The summed E-state index contributed by atoms with van der Waals surface area (Å²) in [6.07, 6.45) is 0. The Labute approximate surface area is 325 Å². The van der Waals surface area contributed by atoms with Crippen molar-refractivity contribution in [1.82, 2.24) is 9.97 Å². The molecule has 8 aromatic carbocycles. The molecule has 0 fully saturated rings. The predicted molar refractivity (Wildman–Crippen MR) is 232 cm³/mol. The van der Waals surface area contributed by atoms with Gasteiger partial charge in [0, 0.05) is 32.9 Å². The predicted octanol–water partition coefficient (Wildman–Crippen LogP) is 14.2. The maximum atomic E-state index is 6.18. The fourth-order valence-electron chi connectivity index (χ4n) is 8.86. The summed E-state index contributed by atoms with van der Waals surface area (Å²) in [7, 11) is 0. The third kappa shape index (κ3) is 5.12. The lowest BCUT2D eigenvalue weighted by Gasteiger charge is -2.22. The molecule has 10 aromatic rings. The molecule has 264 valence electrons. The number of para-hydroxylation sites is 1. The first-order valence-corrected chi connectivity index (χ1v) is 19.2. The van der Waals surface area contributed by atoms with Gasteiger partial charge >= 0.3 is 0 Å². The van der Waals surface area contributed by atoms with Crippen molar-refractivity contribution < 1.29 is 4.42 Å². The highest BCUT2D eigenvalue weighted by molar-refractivity contribution is 6.07. The van der Waals surface area contributed by atoms with E-state index < -0.39 is 0 Å². The minimum Gasteiger partial charge on any atom is -0.456 e. The normalized spacial score (nSPS) is 13.0. The Balaban J connectivity index is 1.07. The Morgan fingerprint density at radius 1 is 0.393 bits per heavy atom. The van der Waals surface area contributed by atoms with Crippen LogP contribution in [-0.4, -0.2) is 9.97 Å². The van der Waals surface area contributed by atoms with E-state index in [1.54, 1.807) is 0 Å². The van der Waals surface area contributed by atoms with Gasteiger partial charge in [0.05, 0.1) is 11.4 Å². The maximum absolute atomic E-state index is 6.18. The number of aromatic nitrogens is 2. The van der Waals surface area contributed by atoms with Crippen LogP contribution in [0.5, 0.6) is 0 Å². The minimum absolute atomic E-state index is 0.114. The lowest BCUT2D eigenvalue weighted by Crippen LogP contribution is -2.14. The molecule has 0 saturated heterocycles. The molecule has 2 heterocycles. The van der Waals surface area contributed by atoms with Gasteiger partial charge in [-0.1, -0.05) is 153 Å².